The predicted molar refractivity (Wildman–Crippen MR) is 140 cm³/mol. The number of aromatic nitrogens is 3. The highest BCUT2D eigenvalue weighted by Gasteiger charge is 2.14. The normalized spacial score (nSPS) is 9.74. The number of hydrogen-bond acceptors (Lipinski definition) is 9. The lowest BCUT2D eigenvalue weighted by molar-refractivity contribution is 0.598. The van der Waals surface area contributed by atoms with Gasteiger partial charge in [0.25, 0.3) is 0 Å². The second-order valence-electron chi connectivity index (χ2n) is 5.82. The van der Waals surface area contributed by atoms with Gasteiger partial charge >= 0.3 is 0 Å². The van der Waals surface area contributed by atoms with Crippen molar-refractivity contribution in [3.63, 3.8) is 0 Å². The molecule has 14 heteroatoms. The molecule has 3 rings (SSSR count). The van der Waals surface area contributed by atoms with Crippen LogP contribution in [-0.2, 0) is 9.84 Å². The molecule has 0 aliphatic heterocycles. The molecule has 3 heterocycles. The van der Waals surface area contributed by atoms with Crippen LogP contribution in [0.4, 0.5) is 0 Å². The van der Waals surface area contributed by atoms with Crippen LogP contribution < -0.4 is 0 Å². The number of nitrogens with zero attached hydrogens (tertiary/aromatic N) is 6. The van der Waals surface area contributed by atoms with Crippen molar-refractivity contribution in [3.05, 3.63) is 72.1 Å². The summed E-state index contributed by atoms with van der Waals surface area (Å²) in [7, 11) is -3.42. The highest BCUT2D eigenvalue weighted by molar-refractivity contribution is 9.11. The summed E-state index contributed by atoms with van der Waals surface area (Å²) in [5, 5.41) is 26.6. The zero-order valence-corrected chi connectivity index (χ0v) is 24.4. The average molecular weight is 708 g/mol. The molecule has 0 amide bonds. The van der Waals surface area contributed by atoms with Gasteiger partial charge in [-0.15, -0.1) is 11.8 Å². The van der Waals surface area contributed by atoms with Crippen LogP contribution in [0, 0.1) is 34.0 Å². The molecule has 0 radical (unpaired) electrons. The van der Waals surface area contributed by atoms with Gasteiger partial charge in [0.1, 0.15) is 28.4 Å². The van der Waals surface area contributed by atoms with E-state index in [1.54, 1.807) is 30.6 Å². The SMILES string of the molecule is CS(=O)(=O)c1ncc(Br)cc1C#N.CSc1ncc(Br)cc1C#N.N#Cc1cc(Br)cnc1Cl. The smallest absolute Gasteiger partial charge is 0.194 e. The monoisotopic (exact) mass is 704 g/mol. The van der Waals surface area contributed by atoms with Crippen molar-refractivity contribution < 1.29 is 8.42 Å². The van der Waals surface area contributed by atoms with E-state index in [1.807, 2.05) is 12.3 Å². The van der Waals surface area contributed by atoms with Gasteiger partial charge in [-0.3, -0.25) is 0 Å². The van der Waals surface area contributed by atoms with Crippen LogP contribution in [0.15, 0.2) is 60.3 Å². The highest BCUT2D eigenvalue weighted by atomic mass is 79.9. The van der Waals surface area contributed by atoms with E-state index >= 15 is 0 Å². The molecular weight excluding hydrogens is 696 g/mol. The van der Waals surface area contributed by atoms with Crippen molar-refractivity contribution >= 4 is 81.0 Å². The van der Waals surface area contributed by atoms with E-state index in [0.717, 1.165) is 20.2 Å². The summed E-state index contributed by atoms with van der Waals surface area (Å²) in [4.78, 5) is 11.5. The molecule has 0 N–H and O–H groups in total. The Morgan fingerprint density at radius 2 is 1.26 bits per heavy atom. The van der Waals surface area contributed by atoms with Gasteiger partial charge in [0.2, 0.25) is 0 Å². The van der Waals surface area contributed by atoms with Crippen LogP contribution in [0.25, 0.3) is 0 Å². The third kappa shape index (κ3) is 9.67. The van der Waals surface area contributed by atoms with Crippen molar-refractivity contribution in [1.29, 1.82) is 15.8 Å². The predicted octanol–water partition coefficient (Wildman–Crippen LogP) is 5.93. The Kier molecular flexibility index (Phi) is 12.7. The Bertz CT molecular complexity index is 1420. The molecule has 0 fully saturated rings. The number of rotatable bonds is 2. The lowest BCUT2D eigenvalue weighted by Crippen LogP contribution is -2.03. The van der Waals surface area contributed by atoms with E-state index in [9.17, 15) is 8.42 Å². The third-order valence-corrected chi connectivity index (χ3v) is 6.69. The van der Waals surface area contributed by atoms with Crippen LogP contribution in [0.3, 0.4) is 0 Å². The summed E-state index contributed by atoms with van der Waals surface area (Å²) in [6, 6.07) is 10.6. The van der Waals surface area contributed by atoms with E-state index in [2.05, 4.69) is 68.8 Å². The molecule has 3 aromatic heterocycles. The first kappa shape index (κ1) is 30.0. The summed E-state index contributed by atoms with van der Waals surface area (Å²) < 4.78 is 24.4. The van der Waals surface area contributed by atoms with Gasteiger partial charge in [-0.2, -0.15) is 15.8 Å². The molecular formula is C20H12Br3ClN6O2S2. The maximum Gasteiger partial charge on any atom is 0.194 e. The van der Waals surface area contributed by atoms with Gasteiger partial charge in [0.05, 0.1) is 16.7 Å². The molecule has 0 unspecified atom stereocenters. The number of pyridine rings is 3. The Hall–Kier alpha value is -2.05. The van der Waals surface area contributed by atoms with Crippen LogP contribution in [0.5, 0.6) is 0 Å². The molecule has 0 aliphatic rings. The zero-order chi connectivity index (χ0) is 25.9. The lowest BCUT2D eigenvalue weighted by Gasteiger charge is -1.99. The van der Waals surface area contributed by atoms with Crippen LogP contribution >= 0.6 is 71.2 Å². The van der Waals surface area contributed by atoms with Gasteiger partial charge in [0.15, 0.2) is 14.9 Å². The van der Waals surface area contributed by atoms with E-state index in [0.29, 0.717) is 15.6 Å². The Balaban J connectivity index is 0.000000257. The fourth-order valence-corrected chi connectivity index (χ4v) is 4.34. The fourth-order valence-electron chi connectivity index (χ4n) is 1.97. The topological polar surface area (TPSA) is 144 Å². The fraction of sp³-hybridized carbons (Fsp3) is 0.100. The van der Waals surface area contributed by atoms with E-state index < -0.39 is 9.84 Å². The Labute approximate surface area is 231 Å². The summed E-state index contributed by atoms with van der Waals surface area (Å²) in [5.41, 5.74) is 1.06. The van der Waals surface area contributed by atoms with E-state index in [-0.39, 0.29) is 15.7 Å². The summed E-state index contributed by atoms with van der Waals surface area (Å²) >= 11 is 16.5. The Morgan fingerprint density at radius 1 is 0.824 bits per heavy atom. The van der Waals surface area contributed by atoms with Gasteiger partial charge in [0, 0.05) is 38.3 Å². The van der Waals surface area contributed by atoms with E-state index in [1.165, 1.54) is 24.0 Å². The molecule has 0 bridgehead atoms. The van der Waals surface area contributed by atoms with Gasteiger partial charge in [-0.1, -0.05) is 11.6 Å². The molecule has 0 spiro atoms. The molecule has 0 atom stereocenters. The summed E-state index contributed by atoms with van der Waals surface area (Å²) in [6.45, 7) is 0. The van der Waals surface area contributed by atoms with Crippen molar-refractivity contribution in [1.82, 2.24) is 15.0 Å². The zero-order valence-electron chi connectivity index (χ0n) is 17.3. The van der Waals surface area contributed by atoms with Crippen LogP contribution in [0.1, 0.15) is 16.7 Å². The first-order valence-corrected chi connectivity index (χ1v) is 14.4. The molecule has 0 saturated heterocycles. The van der Waals surface area contributed by atoms with Crippen molar-refractivity contribution in [2.45, 2.75) is 10.1 Å². The molecule has 0 aliphatic carbocycles. The van der Waals surface area contributed by atoms with Gasteiger partial charge in [-0.25, -0.2) is 23.4 Å². The first-order valence-electron chi connectivity index (χ1n) is 8.53. The summed E-state index contributed by atoms with van der Waals surface area (Å²) in [5.74, 6) is 0. The van der Waals surface area contributed by atoms with Crippen LogP contribution in [-0.4, -0.2) is 35.9 Å². The minimum absolute atomic E-state index is 0.0527. The first-order chi connectivity index (χ1) is 16.0. The summed E-state index contributed by atoms with van der Waals surface area (Å²) in [6.07, 6.45) is 7.49. The molecule has 0 aromatic carbocycles. The minimum Gasteiger partial charge on any atom is -0.247 e. The lowest BCUT2D eigenvalue weighted by atomic mass is 10.3. The van der Waals surface area contributed by atoms with Crippen molar-refractivity contribution in [2.24, 2.45) is 0 Å². The maximum atomic E-state index is 11.1. The molecule has 3 aromatic rings. The van der Waals surface area contributed by atoms with Crippen LogP contribution in [0.2, 0.25) is 5.15 Å². The van der Waals surface area contributed by atoms with Crippen molar-refractivity contribution in [3.8, 4) is 18.2 Å². The number of halogens is 4. The second-order valence-corrected chi connectivity index (χ2v) is 11.6. The van der Waals surface area contributed by atoms with Crippen molar-refractivity contribution in [2.75, 3.05) is 12.5 Å². The number of nitriles is 3. The molecule has 34 heavy (non-hydrogen) atoms. The second kappa shape index (κ2) is 14.4. The third-order valence-electron chi connectivity index (χ3n) is 3.35. The average Bonchev–Trinajstić information content (AvgIpc) is 2.80. The Morgan fingerprint density at radius 3 is 1.71 bits per heavy atom. The highest BCUT2D eigenvalue weighted by Crippen LogP contribution is 2.20. The number of hydrogen-bond donors (Lipinski definition) is 0. The standard InChI is InChI=1S/C7H5BrN2O2S.C7H5BrN2S.C6H2BrClN2/c1-13(11,12)7-5(3-9)2-6(8)4-10-7;1-11-7-5(3-9)2-6(8)4-10-7;7-5-1-4(2-9)6(8)10-3-5/h2,4H,1H3;2,4H,1H3;1,3H. The molecule has 8 nitrogen and oxygen atoms in total. The van der Waals surface area contributed by atoms with Gasteiger partial charge < -0.3 is 0 Å². The molecule has 0 saturated carbocycles. The quantitative estimate of drug-likeness (QED) is 0.234. The minimum atomic E-state index is -3.42. The maximum absolute atomic E-state index is 11.1. The van der Waals surface area contributed by atoms with E-state index in [4.69, 9.17) is 27.4 Å². The number of thioether (sulfide) groups is 1. The number of sulfone groups is 1. The largest absolute Gasteiger partial charge is 0.247 e. The van der Waals surface area contributed by atoms with Gasteiger partial charge in [-0.05, 0) is 72.2 Å². The molecule has 174 valence electrons.